The Balaban J connectivity index is 1.42. The zero-order chi connectivity index (χ0) is 42.1. The zero-order valence-electron chi connectivity index (χ0n) is 34.4. The number of alkyl carbamates (subject to hydrolysis) is 1. The van der Waals surface area contributed by atoms with Crippen molar-refractivity contribution in [2.45, 2.75) is 111 Å². The van der Waals surface area contributed by atoms with E-state index in [4.69, 9.17) is 23.4 Å². The number of oxazole rings is 1. The smallest absolute Gasteiger partial charge is 0.420 e. The maximum absolute atomic E-state index is 13.2. The number of hydrogen-bond acceptors (Lipinski definition) is 11. The molecule has 2 aromatic carbocycles. The van der Waals surface area contributed by atoms with Gasteiger partial charge in [-0.15, -0.1) is 0 Å². The number of ether oxygens (including phenoxy) is 4. The minimum atomic E-state index is -0.949. The van der Waals surface area contributed by atoms with E-state index in [2.05, 4.69) is 16.7 Å². The first kappa shape index (κ1) is 44.2. The predicted molar refractivity (Wildman–Crippen MR) is 211 cm³/mol. The van der Waals surface area contributed by atoms with Gasteiger partial charge in [-0.1, -0.05) is 30.3 Å². The summed E-state index contributed by atoms with van der Waals surface area (Å²) in [7, 11) is 0. The van der Waals surface area contributed by atoms with Gasteiger partial charge < -0.3 is 43.8 Å². The lowest BCUT2D eigenvalue weighted by atomic mass is 10.0. The van der Waals surface area contributed by atoms with Crippen LogP contribution in [0.25, 0.3) is 22.2 Å². The Hall–Kier alpha value is -5.56. The lowest BCUT2D eigenvalue weighted by Crippen LogP contribution is -2.48. The number of hydrogen-bond donors (Lipinski definition) is 2. The summed E-state index contributed by atoms with van der Waals surface area (Å²) < 4.78 is 29.0. The van der Waals surface area contributed by atoms with Gasteiger partial charge in [0.15, 0.2) is 11.7 Å². The van der Waals surface area contributed by atoms with E-state index in [-0.39, 0.29) is 45.8 Å². The molecule has 2 atom stereocenters. The van der Waals surface area contributed by atoms with Gasteiger partial charge in [-0.05, 0) is 97.6 Å². The number of carbonyl (C=O) groups is 4. The Labute approximate surface area is 333 Å². The summed E-state index contributed by atoms with van der Waals surface area (Å²) in [6, 6.07) is 14.1. The van der Waals surface area contributed by atoms with Gasteiger partial charge in [-0.2, -0.15) is 5.26 Å². The minimum absolute atomic E-state index is 0.0117. The van der Waals surface area contributed by atoms with Crippen LogP contribution >= 0.6 is 0 Å². The minimum Gasteiger partial charge on any atom is -0.444 e. The Morgan fingerprint density at radius 3 is 2.19 bits per heavy atom. The zero-order valence-corrected chi connectivity index (χ0v) is 34.4. The summed E-state index contributed by atoms with van der Waals surface area (Å²) in [5.41, 5.74) is 1.18. The van der Waals surface area contributed by atoms with Crippen molar-refractivity contribution in [2.75, 3.05) is 39.3 Å². The first-order valence-electron chi connectivity index (χ1n) is 19.1. The van der Waals surface area contributed by atoms with E-state index in [1.807, 2.05) is 36.4 Å². The Morgan fingerprint density at radius 2 is 1.56 bits per heavy atom. The molecule has 1 aliphatic rings. The number of nitrogens with zero attached hydrogens (tertiary/aromatic N) is 4. The largest absolute Gasteiger partial charge is 0.444 e. The number of rotatable bonds is 11. The van der Waals surface area contributed by atoms with Crippen LogP contribution in [-0.2, 0) is 36.7 Å². The molecule has 0 unspecified atom stereocenters. The second kappa shape index (κ2) is 18.6. The van der Waals surface area contributed by atoms with Crippen molar-refractivity contribution in [3.05, 3.63) is 58.6 Å². The molecule has 2 heterocycles. The summed E-state index contributed by atoms with van der Waals surface area (Å²) in [6.07, 6.45) is -1.91. The molecule has 0 bridgehead atoms. The van der Waals surface area contributed by atoms with E-state index < -0.39 is 58.9 Å². The molecule has 4 amide bonds. The summed E-state index contributed by atoms with van der Waals surface area (Å²) in [5.74, 6) is -1.08. The van der Waals surface area contributed by atoms with Gasteiger partial charge in [-0.25, -0.2) is 19.2 Å². The molecule has 1 aromatic heterocycles. The third kappa shape index (κ3) is 13.9. The van der Waals surface area contributed by atoms with Gasteiger partial charge in [0.05, 0.1) is 18.1 Å². The van der Waals surface area contributed by atoms with Crippen LogP contribution in [-0.4, -0.2) is 107 Å². The number of amides is 4. The molecule has 0 radical (unpaired) electrons. The van der Waals surface area contributed by atoms with Gasteiger partial charge >= 0.3 is 24.0 Å². The fourth-order valence-electron chi connectivity index (χ4n) is 5.84. The molecule has 1 aliphatic heterocycles. The third-order valence-corrected chi connectivity index (χ3v) is 8.38. The van der Waals surface area contributed by atoms with Crippen molar-refractivity contribution in [2.24, 2.45) is 0 Å². The first-order chi connectivity index (χ1) is 26.6. The van der Waals surface area contributed by atoms with Crippen LogP contribution in [0.5, 0.6) is 0 Å². The molecule has 1 fully saturated rings. The lowest BCUT2D eigenvalue weighted by molar-refractivity contribution is -0.133. The molecule has 57 heavy (non-hydrogen) atoms. The van der Waals surface area contributed by atoms with E-state index in [9.17, 15) is 29.2 Å². The van der Waals surface area contributed by atoms with Crippen LogP contribution in [0.4, 0.5) is 14.4 Å². The number of benzene rings is 2. The van der Waals surface area contributed by atoms with Gasteiger partial charge in [0.1, 0.15) is 22.8 Å². The maximum Gasteiger partial charge on any atom is 0.420 e. The average Bonchev–Trinajstić information content (AvgIpc) is 3.23. The number of fused-ring (bicyclic) bond motifs is 1. The first-order valence-corrected chi connectivity index (χ1v) is 19.1. The Kier molecular flexibility index (Phi) is 14.4. The predicted octanol–water partition coefficient (Wildman–Crippen LogP) is 5.60. The molecule has 0 aliphatic carbocycles. The normalized spacial score (nSPS) is 15.5. The summed E-state index contributed by atoms with van der Waals surface area (Å²) in [5, 5.41) is 15.3. The average molecular weight is 793 g/mol. The highest BCUT2D eigenvalue weighted by Gasteiger charge is 2.31. The number of nitriles is 1. The lowest BCUT2D eigenvalue weighted by Gasteiger charge is -2.28. The molecule has 2 N–H and O–H groups in total. The van der Waals surface area contributed by atoms with Gasteiger partial charge in [0.2, 0.25) is 0 Å². The van der Waals surface area contributed by atoms with Crippen LogP contribution in [0.3, 0.4) is 0 Å². The molecular formula is C41H56N6O10. The molecule has 16 heteroatoms. The van der Waals surface area contributed by atoms with Crippen LogP contribution in [0.2, 0.25) is 0 Å². The quantitative estimate of drug-likeness (QED) is 0.230. The number of nitrogens with one attached hydrogen (secondary N) is 2. The molecule has 0 spiro atoms. The van der Waals surface area contributed by atoms with Crippen LogP contribution in [0.1, 0.15) is 74.3 Å². The second-order valence-electron chi connectivity index (χ2n) is 16.8. The molecular weight excluding hydrogens is 736 g/mol. The van der Waals surface area contributed by atoms with Crippen LogP contribution < -0.4 is 16.4 Å². The van der Waals surface area contributed by atoms with E-state index in [0.29, 0.717) is 24.1 Å². The maximum atomic E-state index is 13.2. The highest BCUT2D eigenvalue weighted by molar-refractivity contribution is 5.83. The number of aromatic nitrogens is 1. The topological polar surface area (TPSA) is 195 Å². The molecule has 3 aromatic rings. The molecule has 16 nitrogen and oxygen atoms in total. The summed E-state index contributed by atoms with van der Waals surface area (Å²) in [6.45, 7) is 16.9. The van der Waals surface area contributed by atoms with Crippen molar-refractivity contribution < 1.29 is 42.5 Å². The monoisotopic (exact) mass is 792 g/mol. The van der Waals surface area contributed by atoms with Gasteiger partial charge in [0.25, 0.3) is 5.91 Å². The van der Waals surface area contributed by atoms with Crippen LogP contribution in [0, 0.1) is 11.3 Å². The molecule has 0 saturated carbocycles. The highest BCUT2D eigenvalue weighted by atomic mass is 16.6. The van der Waals surface area contributed by atoms with E-state index >= 15 is 0 Å². The van der Waals surface area contributed by atoms with Gasteiger partial charge in [0, 0.05) is 45.8 Å². The highest BCUT2D eigenvalue weighted by Crippen LogP contribution is 2.25. The summed E-state index contributed by atoms with van der Waals surface area (Å²) >= 11 is 0. The standard InChI is InChI=1S/C41H56N6O10/c1-39(2,3)55-35(49)43-17-19-45(36(50)56-40(4,5)6)20-21-47-31-24-29(15-16-32(31)54-38(47)52)28-13-11-27(12-14-28)23-30(25-42)44-34(48)33-26-46(18-10-22-53-33)37(51)57-41(7,8)9/h11-16,24,30,33H,10,17-23,26H2,1-9H3,(H,43,49)(H,44,48)/t30-,33-/m0/s1. The van der Waals surface area contributed by atoms with E-state index in [1.165, 1.54) is 14.4 Å². The van der Waals surface area contributed by atoms with Crippen LogP contribution in [0.15, 0.2) is 51.7 Å². The van der Waals surface area contributed by atoms with E-state index in [1.54, 1.807) is 68.4 Å². The van der Waals surface area contributed by atoms with Gasteiger partial charge in [-0.3, -0.25) is 9.36 Å². The van der Waals surface area contributed by atoms with Crippen molar-refractivity contribution in [1.82, 2.24) is 25.0 Å². The molecule has 1 saturated heterocycles. The van der Waals surface area contributed by atoms with E-state index in [0.717, 1.165) is 16.7 Å². The Morgan fingerprint density at radius 1 is 0.912 bits per heavy atom. The molecule has 310 valence electrons. The Bertz CT molecular complexity index is 1980. The fraction of sp³-hybridized carbons (Fsp3) is 0.561. The SMILES string of the molecule is CC(C)(C)OC(=O)NCCN(CCn1c(=O)oc2ccc(-c3ccc(C[C@@H](C#N)NC(=O)[C@@H]4CN(C(=O)OC(C)(C)C)CCCO4)cc3)cc21)C(=O)OC(C)(C)C. The third-order valence-electron chi connectivity index (χ3n) is 8.38. The van der Waals surface area contributed by atoms with Crippen molar-refractivity contribution in [3.63, 3.8) is 0 Å². The van der Waals surface area contributed by atoms with Crippen molar-refractivity contribution >= 4 is 35.3 Å². The van der Waals surface area contributed by atoms with Crippen molar-refractivity contribution in [3.8, 4) is 17.2 Å². The number of carbonyl (C=O) groups excluding carboxylic acids is 4. The summed E-state index contributed by atoms with van der Waals surface area (Å²) in [4.78, 5) is 67.0. The second-order valence-corrected chi connectivity index (χ2v) is 16.8. The molecule has 4 rings (SSSR count). The fourth-order valence-corrected chi connectivity index (χ4v) is 5.84. The van der Waals surface area contributed by atoms with Crippen molar-refractivity contribution in [1.29, 1.82) is 5.26 Å².